The molecule has 1 saturated carbocycles. The van der Waals surface area contributed by atoms with Gasteiger partial charge in [0.1, 0.15) is 0 Å². The van der Waals surface area contributed by atoms with Crippen molar-refractivity contribution in [3.63, 3.8) is 0 Å². The molecule has 104 valence electrons. The summed E-state index contributed by atoms with van der Waals surface area (Å²) in [5, 5.41) is 12.2. The molecule has 1 aliphatic carbocycles. The van der Waals surface area contributed by atoms with Crippen molar-refractivity contribution in [3.05, 3.63) is 17.8 Å². The summed E-state index contributed by atoms with van der Waals surface area (Å²) in [5.74, 6) is 1.72. The summed E-state index contributed by atoms with van der Waals surface area (Å²) in [7, 11) is 2.02. The molecule has 0 bridgehead atoms. The van der Waals surface area contributed by atoms with Crippen molar-refractivity contribution in [1.82, 2.24) is 15.5 Å². The fourth-order valence-electron chi connectivity index (χ4n) is 3.51. The molecule has 19 heavy (non-hydrogen) atoms. The zero-order chi connectivity index (χ0) is 13.1. The van der Waals surface area contributed by atoms with Crippen molar-refractivity contribution < 1.29 is 0 Å². The van der Waals surface area contributed by atoms with E-state index in [-0.39, 0.29) is 0 Å². The van der Waals surface area contributed by atoms with E-state index in [4.69, 9.17) is 0 Å². The largest absolute Gasteiger partial charge is 0.351 e. The predicted octanol–water partition coefficient (Wildman–Crippen LogP) is 2.32. The highest BCUT2D eigenvalue weighted by Gasteiger charge is 2.26. The van der Waals surface area contributed by atoms with E-state index in [9.17, 15) is 0 Å². The topological polar surface area (TPSA) is 41.0 Å². The molecule has 3 rings (SSSR count). The van der Waals surface area contributed by atoms with Crippen molar-refractivity contribution >= 4 is 5.82 Å². The summed E-state index contributed by atoms with van der Waals surface area (Å²) in [4.78, 5) is 2.40. The maximum Gasteiger partial charge on any atom is 0.151 e. The van der Waals surface area contributed by atoms with Gasteiger partial charge in [-0.25, -0.2) is 0 Å². The van der Waals surface area contributed by atoms with Crippen LogP contribution in [0.1, 0.15) is 50.1 Å². The summed E-state index contributed by atoms with van der Waals surface area (Å²) in [5.41, 5.74) is 1.20. The molecule has 2 aliphatic rings. The number of aromatic nitrogens is 2. The van der Waals surface area contributed by atoms with Gasteiger partial charge in [-0.2, -0.15) is 5.10 Å². The van der Waals surface area contributed by atoms with Gasteiger partial charge in [0.05, 0.1) is 5.69 Å². The molecule has 0 aromatic carbocycles. The molecule has 1 aromatic heterocycles. The molecule has 2 fully saturated rings. The summed E-state index contributed by atoms with van der Waals surface area (Å²) in [6.07, 6.45) is 7.81. The fraction of sp³-hybridized carbons (Fsp3) is 0.733. The molecule has 4 heteroatoms. The quantitative estimate of drug-likeness (QED) is 0.902. The van der Waals surface area contributed by atoms with Crippen LogP contribution in [-0.4, -0.2) is 36.4 Å². The summed E-state index contributed by atoms with van der Waals surface area (Å²) in [6.45, 7) is 2.15. The van der Waals surface area contributed by atoms with Gasteiger partial charge in [-0.05, 0) is 44.9 Å². The minimum Gasteiger partial charge on any atom is -0.351 e. The molecule has 1 unspecified atom stereocenters. The van der Waals surface area contributed by atoms with Gasteiger partial charge in [0, 0.05) is 25.0 Å². The van der Waals surface area contributed by atoms with Crippen molar-refractivity contribution in [2.45, 2.75) is 50.5 Å². The van der Waals surface area contributed by atoms with E-state index in [1.165, 1.54) is 44.2 Å². The number of likely N-dealkylation sites (N-methyl/N-ethyl adjacent to an activating group) is 1. The number of anilines is 1. The molecule has 2 heterocycles. The molecule has 1 saturated heterocycles. The number of nitrogens with zero attached hydrogens (tertiary/aromatic N) is 3. The Labute approximate surface area is 115 Å². The van der Waals surface area contributed by atoms with Gasteiger partial charge in [0.15, 0.2) is 5.82 Å². The van der Waals surface area contributed by atoms with E-state index in [0.29, 0.717) is 12.0 Å². The van der Waals surface area contributed by atoms with Crippen LogP contribution in [0.5, 0.6) is 0 Å². The third kappa shape index (κ3) is 2.73. The van der Waals surface area contributed by atoms with Crippen LogP contribution in [0, 0.1) is 0 Å². The van der Waals surface area contributed by atoms with Crippen LogP contribution in [0.2, 0.25) is 0 Å². The first kappa shape index (κ1) is 12.9. The first-order chi connectivity index (χ1) is 9.38. The van der Waals surface area contributed by atoms with Gasteiger partial charge in [-0.15, -0.1) is 5.10 Å². The van der Waals surface area contributed by atoms with Crippen molar-refractivity contribution in [1.29, 1.82) is 0 Å². The third-order valence-corrected chi connectivity index (χ3v) is 4.56. The number of nitrogens with one attached hydrogen (secondary N) is 1. The minimum absolute atomic E-state index is 0.580. The van der Waals surface area contributed by atoms with Gasteiger partial charge < -0.3 is 10.2 Å². The molecule has 1 atom stereocenters. The van der Waals surface area contributed by atoms with Gasteiger partial charge in [0.25, 0.3) is 0 Å². The SMILES string of the molecule is CNCC1CCCN1c1ccc(C2CCCC2)nn1. The van der Waals surface area contributed by atoms with Crippen molar-refractivity contribution in [3.8, 4) is 0 Å². The van der Waals surface area contributed by atoms with E-state index < -0.39 is 0 Å². The lowest BCUT2D eigenvalue weighted by Crippen LogP contribution is -2.37. The Morgan fingerprint density at radius 3 is 2.68 bits per heavy atom. The summed E-state index contributed by atoms with van der Waals surface area (Å²) >= 11 is 0. The predicted molar refractivity (Wildman–Crippen MR) is 77.5 cm³/mol. The molecule has 1 aromatic rings. The first-order valence-corrected chi connectivity index (χ1v) is 7.63. The second-order valence-electron chi connectivity index (χ2n) is 5.84. The second-order valence-corrected chi connectivity index (χ2v) is 5.84. The molecule has 0 amide bonds. The molecule has 1 aliphatic heterocycles. The van der Waals surface area contributed by atoms with E-state index in [1.54, 1.807) is 0 Å². The van der Waals surface area contributed by atoms with Gasteiger partial charge >= 0.3 is 0 Å². The monoisotopic (exact) mass is 260 g/mol. The lowest BCUT2D eigenvalue weighted by atomic mass is 10.0. The van der Waals surface area contributed by atoms with Crippen LogP contribution in [0.15, 0.2) is 12.1 Å². The molecule has 0 radical (unpaired) electrons. The number of hydrogen-bond acceptors (Lipinski definition) is 4. The van der Waals surface area contributed by atoms with Crippen LogP contribution in [0.3, 0.4) is 0 Å². The molecule has 1 N–H and O–H groups in total. The average Bonchev–Trinajstić information content (AvgIpc) is 3.10. The Morgan fingerprint density at radius 2 is 2.00 bits per heavy atom. The third-order valence-electron chi connectivity index (χ3n) is 4.56. The molecular weight excluding hydrogens is 236 g/mol. The Morgan fingerprint density at radius 1 is 1.16 bits per heavy atom. The minimum atomic E-state index is 0.580. The summed E-state index contributed by atoms with van der Waals surface area (Å²) in [6, 6.07) is 4.96. The second kappa shape index (κ2) is 5.87. The van der Waals surface area contributed by atoms with Crippen LogP contribution in [-0.2, 0) is 0 Å². The standard InChI is InChI=1S/C15H24N4/c1-16-11-13-7-4-10-19(13)15-9-8-14(17-18-15)12-5-2-3-6-12/h8-9,12-13,16H,2-7,10-11H2,1H3. The van der Waals surface area contributed by atoms with Crippen LogP contribution in [0.25, 0.3) is 0 Å². The van der Waals surface area contributed by atoms with Crippen molar-refractivity contribution in [2.75, 3.05) is 25.0 Å². The highest BCUT2D eigenvalue weighted by molar-refractivity contribution is 5.40. The fourth-order valence-corrected chi connectivity index (χ4v) is 3.51. The van der Waals surface area contributed by atoms with Gasteiger partial charge in [0.2, 0.25) is 0 Å². The Balaban J connectivity index is 1.71. The van der Waals surface area contributed by atoms with Crippen molar-refractivity contribution in [2.24, 2.45) is 0 Å². The van der Waals surface area contributed by atoms with E-state index in [0.717, 1.165) is 18.9 Å². The van der Waals surface area contributed by atoms with Crippen LogP contribution < -0.4 is 10.2 Å². The number of hydrogen-bond donors (Lipinski definition) is 1. The highest BCUT2D eigenvalue weighted by Crippen LogP contribution is 2.33. The van der Waals surface area contributed by atoms with Gasteiger partial charge in [-0.1, -0.05) is 12.8 Å². The molecule has 0 spiro atoms. The molecular formula is C15H24N4. The lowest BCUT2D eigenvalue weighted by Gasteiger charge is -2.25. The van der Waals surface area contributed by atoms with Crippen LogP contribution >= 0.6 is 0 Å². The first-order valence-electron chi connectivity index (χ1n) is 7.63. The Kier molecular flexibility index (Phi) is 3.97. The average molecular weight is 260 g/mol. The van der Waals surface area contributed by atoms with E-state index in [2.05, 4.69) is 32.5 Å². The maximum atomic E-state index is 4.49. The van der Waals surface area contributed by atoms with Crippen LogP contribution in [0.4, 0.5) is 5.82 Å². The molecule has 4 nitrogen and oxygen atoms in total. The highest BCUT2D eigenvalue weighted by atomic mass is 15.3. The zero-order valence-electron chi connectivity index (χ0n) is 11.8. The lowest BCUT2D eigenvalue weighted by molar-refractivity contribution is 0.606. The van der Waals surface area contributed by atoms with Gasteiger partial charge in [-0.3, -0.25) is 0 Å². The normalized spacial score (nSPS) is 24.3. The zero-order valence-corrected chi connectivity index (χ0v) is 11.8. The summed E-state index contributed by atoms with van der Waals surface area (Å²) < 4.78 is 0. The smallest absolute Gasteiger partial charge is 0.151 e. The van der Waals surface area contributed by atoms with E-state index in [1.807, 2.05) is 7.05 Å². The number of rotatable bonds is 4. The Bertz CT molecular complexity index is 397. The maximum absolute atomic E-state index is 4.49. The van der Waals surface area contributed by atoms with E-state index >= 15 is 0 Å². The Hall–Kier alpha value is -1.16.